The van der Waals surface area contributed by atoms with Crippen molar-refractivity contribution in [3.63, 3.8) is 0 Å². The molecule has 9 nitrogen and oxygen atoms in total. The van der Waals surface area contributed by atoms with Crippen LogP contribution in [0.25, 0.3) is 11.5 Å². The molecule has 2 aromatic carbocycles. The van der Waals surface area contributed by atoms with E-state index in [1.54, 1.807) is 12.1 Å². The number of imide groups is 2. The summed E-state index contributed by atoms with van der Waals surface area (Å²) in [6.07, 6.45) is -3.30. The molecular weight excluding hydrogens is 481 g/mol. The number of nitrogens with one attached hydrogen (secondary N) is 2. The van der Waals surface area contributed by atoms with Crippen molar-refractivity contribution in [1.29, 1.82) is 0 Å². The maximum Gasteiger partial charge on any atom is 0.417 e. The average Bonchev–Trinajstić information content (AvgIpc) is 3.41. The molecule has 5 rings (SSSR count). The lowest BCUT2D eigenvalue weighted by Gasteiger charge is -2.27. The second-order valence-corrected chi connectivity index (χ2v) is 8.20. The number of carbonyl (C=O) groups is 4. The monoisotopic (exact) mass is 498 g/mol. The van der Waals surface area contributed by atoms with Crippen LogP contribution in [0.1, 0.15) is 44.9 Å². The van der Waals surface area contributed by atoms with Gasteiger partial charge in [-0.1, -0.05) is 18.2 Å². The number of hydrogen-bond donors (Lipinski definition) is 2. The largest absolute Gasteiger partial charge is 0.439 e. The fraction of sp³-hybridized carbons (Fsp3) is 0.208. The van der Waals surface area contributed by atoms with Crippen molar-refractivity contribution in [1.82, 2.24) is 15.2 Å². The van der Waals surface area contributed by atoms with Crippen LogP contribution in [0.5, 0.6) is 0 Å². The zero-order valence-corrected chi connectivity index (χ0v) is 18.4. The second kappa shape index (κ2) is 8.63. The van der Waals surface area contributed by atoms with Crippen molar-refractivity contribution in [2.45, 2.75) is 31.6 Å². The van der Waals surface area contributed by atoms with E-state index >= 15 is 0 Å². The Labute approximate surface area is 201 Å². The van der Waals surface area contributed by atoms with Gasteiger partial charge >= 0.3 is 6.18 Å². The first-order valence-electron chi connectivity index (χ1n) is 10.8. The number of aromatic nitrogens is 1. The van der Waals surface area contributed by atoms with E-state index in [9.17, 15) is 32.3 Å². The molecule has 1 aromatic heterocycles. The first-order valence-corrected chi connectivity index (χ1v) is 10.8. The Balaban J connectivity index is 1.37. The highest BCUT2D eigenvalue weighted by atomic mass is 19.4. The number of oxazole rings is 1. The number of nitrogens with zero attached hydrogens (tertiary/aromatic N) is 2. The van der Waals surface area contributed by atoms with E-state index in [-0.39, 0.29) is 53.4 Å². The number of hydrogen-bond acceptors (Lipinski definition) is 7. The highest BCUT2D eigenvalue weighted by Gasteiger charge is 2.45. The summed E-state index contributed by atoms with van der Waals surface area (Å²) >= 11 is 0. The van der Waals surface area contributed by atoms with Crippen LogP contribution in [0.4, 0.5) is 18.9 Å². The quantitative estimate of drug-likeness (QED) is 0.518. The van der Waals surface area contributed by atoms with Crippen LogP contribution in [-0.2, 0) is 22.3 Å². The van der Waals surface area contributed by atoms with Gasteiger partial charge in [0, 0.05) is 17.7 Å². The third-order valence-corrected chi connectivity index (χ3v) is 5.94. The van der Waals surface area contributed by atoms with E-state index < -0.39 is 41.4 Å². The van der Waals surface area contributed by atoms with Crippen molar-refractivity contribution in [2.24, 2.45) is 0 Å². The van der Waals surface area contributed by atoms with Gasteiger partial charge in [0.05, 0.1) is 29.4 Å². The lowest BCUT2D eigenvalue weighted by molar-refractivity contribution is -0.137. The molecule has 3 aromatic rings. The van der Waals surface area contributed by atoms with Crippen LogP contribution in [0.2, 0.25) is 0 Å². The van der Waals surface area contributed by atoms with E-state index in [1.807, 2.05) is 0 Å². The van der Waals surface area contributed by atoms with E-state index in [0.29, 0.717) is 0 Å². The first kappa shape index (κ1) is 23.3. The Bertz CT molecular complexity index is 1410. The van der Waals surface area contributed by atoms with Gasteiger partial charge in [-0.3, -0.25) is 29.4 Å². The summed E-state index contributed by atoms with van der Waals surface area (Å²) in [6.45, 7) is -0.0441. The fourth-order valence-corrected chi connectivity index (χ4v) is 4.28. The highest BCUT2D eigenvalue weighted by molar-refractivity contribution is 6.25. The standard InChI is InChI=1S/C24H17F3N4O5/c25-24(26,27)15-6-2-1-4-13(15)21-29-11-12(36-21)10-28-16-7-3-5-14-19(16)23(35)31(22(14)34)17-8-9-18(32)30-20(17)33/h1-7,11,17,28H,8-10H2,(H,30,32,33). The average molecular weight is 498 g/mol. The minimum absolute atomic E-state index is 0.000212. The molecule has 12 heteroatoms. The predicted molar refractivity (Wildman–Crippen MR) is 117 cm³/mol. The van der Waals surface area contributed by atoms with Crippen LogP contribution in [0.3, 0.4) is 0 Å². The predicted octanol–water partition coefficient (Wildman–Crippen LogP) is 3.37. The molecule has 0 aliphatic carbocycles. The van der Waals surface area contributed by atoms with Gasteiger partial charge in [-0.05, 0) is 30.7 Å². The highest BCUT2D eigenvalue weighted by Crippen LogP contribution is 2.37. The molecule has 2 aliphatic rings. The zero-order valence-electron chi connectivity index (χ0n) is 18.4. The van der Waals surface area contributed by atoms with E-state index in [2.05, 4.69) is 15.6 Å². The molecular formula is C24H17F3N4O5. The Morgan fingerprint density at radius 2 is 1.78 bits per heavy atom. The van der Waals surface area contributed by atoms with Crippen LogP contribution >= 0.6 is 0 Å². The van der Waals surface area contributed by atoms with Gasteiger partial charge in [-0.25, -0.2) is 4.98 Å². The van der Waals surface area contributed by atoms with Crippen LogP contribution in [-0.4, -0.2) is 39.6 Å². The molecule has 3 heterocycles. The summed E-state index contributed by atoms with van der Waals surface area (Å²) in [7, 11) is 0. The third kappa shape index (κ3) is 4.00. The number of alkyl halides is 3. The molecule has 1 unspecified atom stereocenters. The van der Waals surface area contributed by atoms with Crippen molar-refractivity contribution in [3.8, 4) is 11.5 Å². The molecule has 36 heavy (non-hydrogen) atoms. The van der Waals surface area contributed by atoms with Gasteiger partial charge in [0.1, 0.15) is 11.8 Å². The first-order chi connectivity index (χ1) is 17.1. The van der Waals surface area contributed by atoms with Crippen LogP contribution < -0.4 is 10.6 Å². The minimum atomic E-state index is -4.59. The van der Waals surface area contributed by atoms with E-state index in [0.717, 1.165) is 11.0 Å². The Hall–Kier alpha value is -4.48. The summed E-state index contributed by atoms with van der Waals surface area (Å²) in [5.41, 5.74) is -0.682. The van der Waals surface area contributed by atoms with E-state index in [1.165, 1.54) is 30.5 Å². The summed E-state index contributed by atoms with van der Waals surface area (Å²) in [5.74, 6) is -2.56. The summed E-state index contributed by atoms with van der Waals surface area (Å²) in [5, 5.41) is 5.09. The molecule has 1 fully saturated rings. The number of halogens is 3. The Morgan fingerprint density at radius 1 is 1.03 bits per heavy atom. The number of rotatable bonds is 5. The maximum absolute atomic E-state index is 13.3. The topological polar surface area (TPSA) is 122 Å². The zero-order chi connectivity index (χ0) is 25.6. The normalized spacial score (nSPS) is 17.9. The molecule has 1 saturated heterocycles. The molecule has 2 aliphatic heterocycles. The number of carbonyl (C=O) groups excluding carboxylic acids is 4. The number of anilines is 1. The lowest BCUT2D eigenvalue weighted by atomic mass is 10.0. The minimum Gasteiger partial charge on any atom is -0.439 e. The molecule has 0 radical (unpaired) electrons. The molecule has 0 bridgehead atoms. The van der Waals surface area contributed by atoms with Gasteiger partial charge in [0.15, 0.2) is 0 Å². The molecule has 2 N–H and O–H groups in total. The maximum atomic E-state index is 13.3. The van der Waals surface area contributed by atoms with Gasteiger partial charge < -0.3 is 9.73 Å². The molecule has 4 amide bonds. The number of fused-ring (bicyclic) bond motifs is 1. The molecule has 0 spiro atoms. The van der Waals surface area contributed by atoms with Gasteiger partial charge in [-0.2, -0.15) is 13.2 Å². The lowest BCUT2D eigenvalue weighted by Crippen LogP contribution is -2.54. The van der Waals surface area contributed by atoms with Gasteiger partial charge in [0.25, 0.3) is 11.8 Å². The van der Waals surface area contributed by atoms with Crippen LogP contribution in [0.15, 0.2) is 53.1 Å². The SMILES string of the molecule is O=C1CCC(N2C(=O)c3cccc(NCc4cnc(-c5ccccc5C(F)(F)F)o4)c3C2=O)C(=O)N1. The van der Waals surface area contributed by atoms with Gasteiger partial charge in [-0.15, -0.1) is 0 Å². The van der Waals surface area contributed by atoms with Crippen molar-refractivity contribution in [2.75, 3.05) is 5.32 Å². The van der Waals surface area contributed by atoms with Crippen molar-refractivity contribution >= 4 is 29.3 Å². The van der Waals surface area contributed by atoms with Gasteiger partial charge in [0.2, 0.25) is 17.7 Å². The fourth-order valence-electron chi connectivity index (χ4n) is 4.28. The number of piperidine rings is 1. The smallest absolute Gasteiger partial charge is 0.417 e. The van der Waals surface area contributed by atoms with Crippen LogP contribution in [0, 0.1) is 0 Å². The summed E-state index contributed by atoms with van der Waals surface area (Å²) < 4.78 is 45.5. The Morgan fingerprint density at radius 3 is 2.53 bits per heavy atom. The van der Waals surface area contributed by atoms with E-state index in [4.69, 9.17) is 4.42 Å². The molecule has 0 saturated carbocycles. The van der Waals surface area contributed by atoms with Crippen molar-refractivity contribution in [3.05, 3.63) is 71.1 Å². The number of amides is 4. The second-order valence-electron chi connectivity index (χ2n) is 8.20. The van der Waals surface area contributed by atoms with Crippen molar-refractivity contribution < 1.29 is 36.8 Å². The third-order valence-electron chi connectivity index (χ3n) is 5.94. The summed E-state index contributed by atoms with van der Waals surface area (Å²) in [6, 6.07) is 8.34. The summed E-state index contributed by atoms with van der Waals surface area (Å²) in [4.78, 5) is 54.6. The molecule has 184 valence electrons. The number of benzene rings is 2. The Kier molecular flexibility index (Phi) is 5.58. The molecule has 1 atom stereocenters.